The van der Waals surface area contributed by atoms with E-state index in [0.29, 0.717) is 6.42 Å². The number of rotatable bonds is 6. The van der Waals surface area contributed by atoms with Crippen molar-refractivity contribution in [3.63, 3.8) is 0 Å². The zero-order chi connectivity index (χ0) is 19.3. The van der Waals surface area contributed by atoms with Crippen LogP contribution in [0.2, 0.25) is 0 Å². The Balaban J connectivity index is 1.28. The van der Waals surface area contributed by atoms with Gasteiger partial charge in [0.25, 0.3) is 0 Å². The second kappa shape index (κ2) is 8.58. The van der Waals surface area contributed by atoms with Crippen molar-refractivity contribution >= 4 is 17.2 Å². The van der Waals surface area contributed by atoms with E-state index in [0.717, 1.165) is 60.4 Å². The summed E-state index contributed by atoms with van der Waals surface area (Å²) < 4.78 is 10.7. The van der Waals surface area contributed by atoms with E-state index in [-0.39, 0.29) is 5.91 Å². The third kappa shape index (κ3) is 4.43. The van der Waals surface area contributed by atoms with Crippen LogP contribution in [0.25, 0.3) is 10.6 Å². The molecule has 3 aromatic rings. The van der Waals surface area contributed by atoms with Gasteiger partial charge in [0.2, 0.25) is 5.91 Å². The van der Waals surface area contributed by atoms with Gasteiger partial charge in [-0.3, -0.25) is 9.69 Å². The Labute approximate surface area is 168 Å². The van der Waals surface area contributed by atoms with Gasteiger partial charge in [0.1, 0.15) is 5.75 Å². The van der Waals surface area contributed by atoms with Gasteiger partial charge in [-0.1, -0.05) is 23.4 Å². The first-order valence-electron chi connectivity index (χ1n) is 9.34. The summed E-state index contributed by atoms with van der Waals surface area (Å²) in [5, 5.41) is 6.22. The number of piperazine rings is 1. The summed E-state index contributed by atoms with van der Waals surface area (Å²) in [7, 11) is 1.64. The summed E-state index contributed by atoms with van der Waals surface area (Å²) in [6.07, 6.45) is 0.407. The molecule has 4 rings (SSSR count). The van der Waals surface area contributed by atoms with Gasteiger partial charge in [0.05, 0.1) is 24.1 Å². The summed E-state index contributed by atoms with van der Waals surface area (Å²) in [5.74, 6) is 1.76. The van der Waals surface area contributed by atoms with Crippen molar-refractivity contribution in [1.82, 2.24) is 15.0 Å². The van der Waals surface area contributed by atoms with E-state index in [1.807, 2.05) is 52.7 Å². The van der Waals surface area contributed by atoms with Crippen LogP contribution in [0.3, 0.4) is 0 Å². The molecular weight excluding hydrogens is 374 g/mol. The van der Waals surface area contributed by atoms with Gasteiger partial charge >= 0.3 is 0 Å². The second-order valence-corrected chi connectivity index (χ2v) is 7.79. The number of nitrogens with zero attached hydrogens (tertiary/aromatic N) is 3. The van der Waals surface area contributed by atoms with Crippen molar-refractivity contribution in [3.8, 4) is 16.4 Å². The minimum absolute atomic E-state index is 0.161. The summed E-state index contributed by atoms with van der Waals surface area (Å²) in [6, 6.07) is 13.7. The Hall–Kier alpha value is -2.64. The number of amides is 1. The molecule has 2 aromatic heterocycles. The van der Waals surface area contributed by atoms with Crippen molar-refractivity contribution in [2.75, 3.05) is 33.3 Å². The zero-order valence-corrected chi connectivity index (χ0v) is 16.7. The highest BCUT2D eigenvalue weighted by Gasteiger charge is 2.22. The fourth-order valence-corrected chi connectivity index (χ4v) is 4.05. The van der Waals surface area contributed by atoms with E-state index in [9.17, 15) is 4.79 Å². The maximum absolute atomic E-state index is 12.6. The van der Waals surface area contributed by atoms with Crippen LogP contribution in [0.4, 0.5) is 0 Å². The highest BCUT2D eigenvalue weighted by Crippen LogP contribution is 2.25. The molecule has 1 aromatic carbocycles. The largest absolute Gasteiger partial charge is 0.497 e. The monoisotopic (exact) mass is 397 g/mol. The fraction of sp³-hybridized carbons (Fsp3) is 0.333. The quantitative estimate of drug-likeness (QED) is 0.639. The second-order valence-electron chi connectivity index (χ2n) is 6.85. The van der Waals surface area contributed by atoms with Gasteiger partial charge in [-0.25, -0.2) is 0 Å². The molecule has 0 spiro atoms. The lowest BCUT2D eigenvalue weighted by Crippen LogP contribution is -2.48. The van der Waals surface area contributed by atoms with E-state index in [1.165, 1.54) is 0 Å². The number of hydrogen-bond donors (Lipinski definition) is 0. The number of ether oxygens (including phenoxy) is 1. The van der Waals surface area contributed by atoms with E-state index < -0.39 is 0 Å². The van der Waals surface area contributed by atoms with Crippen LogP contribution in [0.15, 0.2) is 52.4 Å². The fourth-order valence-electron chi connectivity index (χ4n) is 3.37. The smallest absolute Gasteiger partial charge is 0.227 e. The van der Waals surface area contributed by atoms with E-state index in [2.05, 4.69) is 10.1 Å². The van der Waals surface area contributed by atoms with Crippen LogP contribution in [0.1, 0.15) is 11.3 Å². The molecule has 3 heterocycles. The average Bonchev–Trinajstić information content (AvgIpc) is 3.40. The molecule has 6 nitrogen and oxygen atoms in total. The maximum atomic E-state index is 12.6. The molecule has 1 amide bonds. The van der Waals surface area contributed by atoms with Gasteiger partial charge in [-0.05, 0) is 29.1 Å². The first kappa shape index (κ1) is 18.7. The third-order valence-electron chi connectivity index (χ3n) is 4.92. The summed E-state index contributed by atoms with van der Waals surface area (Å²) >= 11 is 1.64. The van der Waals surface area contributed by atoms with Crippen LogP contribution >= 0.6 is 11.3 Å². The third-order valence-corrected chi connectivity index (χ3v) is 5.81. The van der Waals surface area contributed by atoms with Gasteiger partial charge < -0.3 is 14.2 Å². The zero-order valence-electron chi connectivity index (χ0n) is 15.8. The van der Waals surface area contributed by atoms with Crippen LogP contribution in [-0.2, 0) is 17.8 Å². The summed E-state index contributed by atoms with van der Waals surface area (Å²) in [4.78, 5) is 17.9. The normalized spacial score (nSPS) is 15.0. The predicted molar refractivity (Wildman–Crippen MR) is 108 cm³/mol. The number of carbonyl (C=O) groups excluding carboxylic acids is 1. The van der Waals surface area contributed by atoms with E-state index in [4.69, 9.17) is 9.26 Å². The highest BCUT2D eigenvalue weighted by atomic mass is 32.1. The molecule has 1 aliphatic heterocycles. The minimum Gasteiger partial charge on any atom is -0.497 e. The molecule has 0 unspecified atom stereocenters. The maximum Gasteiger partial charge on any atom is 0.227 e. The number of hydrogen-bond acceptors (Lipinski definition) is 6. The van der Waals surface area contributed by atoms with E-state index in [1.54, 1.807) is 18.4 Å². The predicted octanol–water partition coefficient (Wildman–Crippen LogP) is 3.30. The lowest BCUT2D eigenvalue weighted by atomic mass is 10.1. The van der Waals surface area contributed by atoms with Crippen LogP contribution in [0, 0.1) is 0 Å². The van der Waals surface area contributed by atoms with Crippen LogP contribution in [0.5, 0.6) is 5.75 Å². The Bertz CT molecular complexity index is 915. The molecule has 1 aliphatic rings. The SMILES string of the molecule is COc1cccc(CC(=O)N2CCN(Cc3cc(-c4cccs4)on3)CC2)c1. The molecule has 1 fully saturated rings. The first-order valence-corrected chi connectivity index (χ1v) is 10.2. The van der Waals surface area contributed by atoms with Crippen molar-refractivity contribution in [2.24, 2.45) is 0 Å². The van der Waals surface area contributed by atoms with Gasteiger partial charge in [0.15, 0.2) is 5.76 Å². The van der Waals surface area contributed by atoms with Crippen molar-refractivity contribution in [2.45, 2.75) is 13.0 Å². The summed E-state index contributed by atoms with van der Waals surface area (Å²) in [5.41, 5.74) is 1.91. The molecule has 0 atom stereocenters. The van der Waals surface area contributed by atoms with E-state index >= 15 is 0 Å². The van der Waals surface area contributed by atoms with Gasteiger partial charge in [-0.2, -0.15) is 0 Å². The Kier molecular flexibility index (Phi) is 5.73. The minimum atomic E-state index is 0.161. The number of methoxy groups -OCH3 is 1. The first-order chi connectivity index (χ1) is 13.7. The Morgan fingerprint density at radius 1 is 1.18 bits per heavy atom. The van der Waals surface area contributed by atoms with Gasteiger partial charge in [0, 0.05) is 38.8 Å². The summed E-state index contributed by atoms with van der Waals surface area (Å²) in [6.45, 7) is 3.89. The molecule has 0 saturated carbocycles. The average molecular weight is 398 g/mol. The molecule has 0 radical (unpaired) electrons. The topological polar surface area (TPSA) is 58.8 Å². The molecule has 0 aliphatic carbocycles. The molecule has 0 N–H and O–H groups in total. The Morgan fingerprint density at radius 3 is 2.79 bits per heavy atom. The molecular formula is C21H23N3O3S. The van der Waals surface area contributed by atoms with Crippen LogP contribution < -0.4 is 4.74 Å². The van der Waals surface area contributed by atoms with Crippen molar-refractivity contribution in [3.05, 3.63) is 59.1 Å². The highest BCUT2D eigenvalue weighted by molar-refractivity contribution is 7.13. The number of carbonyl (C=O) groups is 1. The van der Waals surface area contributed by atoms with Gasteiger partial charge in [-0.15, -0.1) is 11.3 Å². The van der Waals surface area contributed by atoms with Crippen molar-refractivity contribution in [1.29, 1.82) is 0 Å². The number of thiophene rings is 1. The molecule has 28 heavy (non-hydrogen) atoms. The number of aromatic nitrogens is 1. The molecule has 0 bridgehead atoms. The molecule has 146 valence electrons. The lowest BCUT2D eigenvalue weighted by molar-refractivity contribution is -0.132. The lowest BCUT2D eigenvalue weighted by Gasteiger charge is -2.34. The standard InChI is InChI=1S/C21H23N3O3S/c1-26-18-5-2-4-16(12-18)13-21(25)24-9-7-23(8-10-24)15-17-14-19(27-22-17)20-6-3-11-28-20/h2-6,11-12,14H,7-10,13,15H2,1H3. The molecule has 1 saturated heterocycles. The Morgan fingerprint density at radius 2 is 2.04 bits per heavy atom. The number of benzene rings is 1. The van der Waals surface area contributed by atoms with Crippen LogP contribution in [-0.4, -0.2) is 54.2 Å². The van der Waals surface area contributed by atoms with Crippen molar-refractivity contribution < 1.29 is 14.1 Å². The molecule has 7 heteroatoms.